The van der Waals surface area contributed by atoms with Gasteiger partial charge >= 0.3 is 0 Å². The summed E-state index contributed by atoms with van der Waals surface area (Å²) in [4.78, 5) is 22.8. The Hall–Kier alpha value is -3.11. The number of nitrogens with zero attached hydrogens (tertiary/aromatic N) is 6. The van der Waals surface area contributed by atoms with Crippen molar-refractivity contribution in [2.45, 2.75) is 18.9 Å². The third kappa shape index (κ3) is 5.28. The van der Waals surface area contributed by atoms with Crippen LogP contribution in [-0.4, -0.2) is 77.2 Å². The van der Waals surface area contributed by atoms with Gasteiger partial charge in [0.05, 0.1) is 19.2 Å². The second-order valence-electron chi connectivity index (χ2n) is 8.82. The van der Waals surface area contributed by atoms with Gasteiger partial charge in [-0.25, -0.2) is 4.39 Å². The van der Waals surface area contributed by atoms with Crippen molar-refractivity contribution in [3.8, 4) is 0 Å². The van der Waals surface area contributed by atoms with Crippen molar-refractivity contribution in [2.75, 3.05) is 61.9 Å². The molecule has 0 amide bonds. The molecule has 5 rings (SSSR count). The summed E-state index contributed by atoms with van der Waals surface area (Å²) in [5.74, 6) is 2.43. The molecule has 0 spiro atoms. The first-order chi connectivity index (χ1) is 16.1. The highest BCUT2D eigenvalue weighted by molar-refractivity contribution is 6.05. The second kappa shape index (κ2) is 9.40. The fraction of sp³-hybridized carbons (Fsp3) is 0.478. The van der Waals surface area contributed by atoms with Crippen LogP contribution in [0.25, 0.3) is 0 Å². The number of aliphatic imine (C=N–C) groups is 1. The summed E-state index contributed by atoms with van der Waals surface area (Å²) in [5.41, 5.74) is 2.10. The number of aromatic nitrogens is 3. The number of aliphatic hydroxyl groups excluding tert-OH is 1. The van der Waals surface area contributed by atoms with Crippen molar-refractivity contribution in [1.29, 1.82) is 0 Å². The molecule has 174 valence electrons. The molecule has 1 aromatic heterocycles. The molecular weight excluding hydrogens is 423 g/mol. The van der Waals surface area contributed by atoms with Gasteiger partial charge in [-0.05, 0) is 55.2 Å². The highest BCUT2D eigenvalue weighted by Gasteiger charge is 2.28. The van der Waals surface area contributed by atoms with E-state index in [1.165, 1.54) is 30.5 Å². The predicted octanol–water partition coefficient (Wildman–Crippen LogP) is 2.07. The van der Waals surface area contributed by atoms with Gasteiger partial charge < -0.3 is 25.5 Å². The van der Waals surface area contributed by atoms with E-state index < -0.39 is 6.04 Å². The van der Waals surface area contributed by atoms with E-state index in [1.807, 2.05) is 0 Å². The molecule has 1 saturated heterocycles. The van der Waals surface area contributed by atoms with Crippen LogP contribution >= 0.6 is 0 Å². The number of rotatable bonds is 7. The number of hydrogen-bond donors (Lipinski definition) is 3. The van der Waals surface area contributed by atoms with E-state index in [2.05, 4.69) is 53.5 Å². The summed E-state index contributed by atoms with van der Waals surface area (Å²) in [5, 5.41) is 16.4. The number of benzene rings is 1. The number of hydrogen-bond acceptors (Lipinski definition) is 9. The van der Waals surface area contributed by atoms with Crippen LogP contribution in [0.2, 0.25) is 0 Å². The van der Waals surface area contributed by atoms with E-state index >= 15 is 0 Å². The number of anilines is 3. The van der Waals surface area contributed by atoms with Crippen molar-refractivity contribution in [2.24, 2.45) is 10.9 Å². The molecule has 1 atom stereocenters. The van der Waals surface area contributed by atoms with Gasteiger partial charge in [0.15, 0.2) is 0 Å². The van der Waals surface area contributed by atoms with E-state index in [-0.39, 0.29) is 12.4 Å². The summed E-state index contributed by atoms with van der Waals surface area (Å²) in [6.45, 7) is 4.01. The lowest BCUT2D eigenvalue weighted by atomic mass is 10.1. The summed E-state index contributed by atoms with van der Waals surface area (Å²) in [6, 6.07) is 5.55. The molecule has 1 aliphatic carbocycles. The average Bonchev–Trinajstić information content (AvgIpc) is 3.57. The third-order valence-corrected chi connectivity index (χ3v) is 6.26. The van der Waals surface area contributed by atoms with Crippen molar-refractivity contribution >= 4 is 23.7 Å². The molecule has 3 N–H and O–H groups in total. The molecule has 0 bridgehead atoms. The first-order valence-corrected chi connectivity index (χ1v) is 11.4. The molecule has 1 unspecified atom stereocenters. The topological polar surface area (TPSA) is 102 Å². The van der Waals surface area contributed by atoms with Crippen LogP contribution in [0, 0.1) is 11.7 Å². The maximum atomic E-state index is 13.3. The SMILES string of the molecule is CN1CCN(c2nc(NC3=NCC(C4CC4)=C3)nc(NC(CO)c3ccc(F)cc3)n2)CC1. The molecule has 1 aromatic carbocycles. The lowest BCUT2D eigenvalue weighted by molar-refractivity contribution is 0.275. The van der Waals surface area contributed by atoms with Crippen LogP contribution < -0.4 is 15.5 Å². The Balaban J connectivity index is 1.39. The molecular formula is C23H29FN8O. The van der Waals surface area contributed by atoms with Crippen LogP contribution in [0.1, 0.15) is 24.4 Å². The van der Waals surface area contributed by atoms with E-state index in [4.69, 9.17) is 0 Å². The van der Waals surface area contributed by atoms with E-state index in [9.17, 15) is 9.50 Å². The standard InChI is InChI=1S/C23H29FN8O/c1-31-8-10-32(11-9-31)23-29-21(26-19(14-33)16-4-6-18(24)7-5-16)28-22(30-23)27-20-12-17(13-25-20)15-2-3-15/h4-7,12,15,19,33H,2-3,8-11,13-14H2,1H3,(H2,25,26,27,28,29,30). The maximum Gasteiger partial charge on any atom is 0.234 e. The van der Waals surface area contributed by atoms with Crippen molar-refractivity contribution in [1.82, 2.24) is 19.9 Å². The Labute approximate surface area is 192 Å². The summed E-state index contributed by atoms with van der Waals surface area (Å²) in [7, 11) is 2.10. The molecule has 10 heteroatoms. The van der Waals surface area contributed by atoms with Gasteiger partial charge in [0.25, 0.3) is 0 Å². The molecule has 0 radical (unpaired) electrons. The minimum atomic E-state index is -0.480. The van der Waals surface area contributed by atoms with E-state index in [0.29, 0.717) is 23.8 Å². The van der Waals surface area contributed by atoms with Gasteiger partial charge in [0.1, 0.15) is 11.7 Å². The number of halogens is 1. The van der Waals surface area contributed by atoms with Gasteiger partial charge in [-0.1, -0.05) is 12.1 Å². The summed E-state index contributed by atoms with van der Waals surface area (Å²) < 4.78 is 13.3. The Kier molecular flexibility index (Phi) is 6.19. The number of likely N-dealkylation sites (N-methyl/N-ethyl adjacent to an activating group) is 1. The zero-order valence-electron chi connectivity index (χ0n) is 18.7. The van der Waals surface area contributed by atoms with E-state index in [0.717, 1.165) is 44.1 Å². The molecule has 9 nitrogen and oxygen atoms in total. The summed E-state index contributed by atoms with van der Waals surface area (Å²) in [6.07, 6.45) is 4.58. The lowest BCUT2D eigenvalue weighted by Gasteiger charge is -2.32. The Morgan fingerprint density at radius 3 is 2.48 bits per heavy atom. The minimum Gasteiger partial charge on any atom is -0.394 e. The fourth-order valence-electron chi connectivity index (χ4n) is 4.05. The Bertz CT molecular complexity index is 1040. The predicted molar refractivity (Wildman–Crippen MR) is 126 cm³/mol. The van der Waals surface area contributed by atoms with E-state index in [1.54, 1.807) is 12.1 Å². The molecule has 2 aliphatic heterocycles. The Morgan fingerprint density at radius 1 is 1.06 bits per heavy atom. The Morgan fingerprint density at radius 2 is 1.79 bits per heavy atom. The van der Waals surface area contributed by atoms with Crippen LogP contribution in [0.5, 0.6) is 0 Å². The monoisotopic (exact) mass is 452 g/mol. The highest BCUT2D eigenvalue weighted by atomic mass is 19.1. The van der Waals surface area contributed by atoms with Crippen LogP contribution in [0.4, 0.5) is 22.2 Å². The normalized spacial score (nSPS) is 19.8. The van der Waals surface area contributed by atoms with Gasteiger partial charge in [0, 0.05) is 26.2 Å². The maximum absolute atomic E-state index is 13.3. The van der Waals surface area contributed by atoms with Crippen molar-refractivity contribution in [3.05, 3.63) is 47.3 Å². The number of nitrogens with one attached hydrogen (secondary N) is 2. The first kappa shape index (κ1) is 21.7. The minimum absolute atomic E-state index is 0.190. The first-order valence-electron chi connectivity index (χ1n) is 11.4. The number of aliphatic hydroxyl groups is 1. The van der Waals surface area contributed by atoms with Crippen molar-refractivity contribution in [3.63, 3.8) is 0 Å². The van der Waals surface area contributed by atoms with Gasteiger partial charge in [-0.15, -0.1) is 0 Å². The van der Waals surface area contributed by atoms with Crippen LogP contribution in [0.15, 0.2) is 40.9 Å². The highest BCUT2D eigenvalue weighted by Crippen LogP contribution is 2.37. The zero-order valence-corrected chi connectivity index (χ0v) is 18.7. The smallest absolute Gasteiger partial charge is 0.234 e. The number of piperazine rings is 1. The van der Waals surface area contributed by atoms with Crippen LogP contribution in [0.3, 0.4) is 0 Å². The van der Waals surface area contributed by atoms with Gasteiger partial charge in [0.2, 0.25) is 17.8 Å². The van der Waals surface area contributed by atoms with Gasteiger partial charge in [-0.3, -0.25) is 4.99 Å². The molecule has 3 aliphatic rings. The molecule has 3 heterocycles. The van der Waals surface area contributed by atoms with Gasteiger partial charge in [-0.2, -0.15) is 15.0 Å². The summed E-state index contributed by atoms with van der Waals surface area (Å²) >= 11 is 0. The van der Waals surface area contributed by atoms with Crippen molar-refractivity contribution < 1.29 is 9.50 Å². The molecule has 1 saturated carbocycles. The number of amidine groups is 1. The third-order valence-electron chi connectivity index (χ3n) is 6.26. The quantitative estimate of drug-likeness (QED) is 0.587. The largest absolute Gasteiger partial charge is 0.394 e. The average molecular weight is 453 g/mol. The zero-order chi connectivity index (χ0) is 22.8. The lowest BCUT2D eigenvalue weighted by Crippen LogP contribution is -2.45. The molecule has 33 heavy (non-hydrogen) atoms. The second-order valence-corrected chi connectivity index (χ2v) is 8.82. The van der Waals surface area contributed by atoms with Crippen LogP contribution in [-0.2, 0) is 0 Å². The molecule has 2 fully saturated rings. The fourth-order valence-corrected chi connectivity index (χ4v) is 4.05. The molecule has 2 aromatic rings.